The number of rotatable bonds is 4. The maximum Gasteiger partial charge on any atom is 0.0884 e. The highest BCUT2D eigenvalue weighted by molar-refractivity contribution is 4.87. The Kier molecular flexibility index (Phi) is 4.60. The normalized spacial score (nSPS) is 23.0. The van der Waals surface area contributed by atoms with Gasteiger partial charge in [0.2, 0.25) is 0 Å². The molecule has 0 spiro atoms. The standard InChI is InChI=1S/C13H26O2/c1-5-15-12(13(2,3)4)11(14)10-8-6-7-9-10/h10-12,14H,5-9H2,1-4H3. The molecule has 2 heteroatoms. The van der Waals surface area contributed by atoms with Crippen LogP contribution in [0.25, 0.3) is 0 Å². The van der Waals surface area contributed by atoms with Gasteiger partial charge in [0.15, 0.2) is 0 Å². The summed E-state index contributed by atoms with van der Waals surface area (Å²) in [4.78, 5) is 0. The predicted octanol–water partition coefficient (Wildman–Crippen LogP) is 2.99. The van der Waals surface area contributed by atoms with Crippen LogP contribution >= 0.6 is 0 Å². The van der Waals surface area contributed by atoms with Gasteiger partial charge in [0, 0.05) is 6.61 Å². The minimum Gasteiger partial charge on any atom is -0.390 e. The third-order valence-electron chi connectivity index (χ3n) is 3.39. The van der Waals surface area contributed by atoms with Crippen LogP contribution in [0.4, 0.5) is 0 Å². The zero-order chi connectivity index (χ0) is 11.5. The molecular formula is C13H26O2. The number of aliphatic hydroxyl groups excluding tert-OH is 1. The Labute approximate surface area is 94.0 Å². The SMILES string of the molecule is CCOC(C(O)C1CCCC1)C(C)(C)C. The van der Waals surface area contributed by atoms with Gasteiger partial charge in [0.1, 0.15) is 0 Å². The molecule has 90 valence electrons. The maximum atomic E-state index is 10.4. The molecule has 0 aromatic carbocycles. The first-order chi connectivity index (χ1) is 6.96. The van der Waals surface area contributed by atoms with Crippen molar-refractivity contribution >= 4 is 0 Å². The van der Waals surface area contributed by atoms with Crippen LogP contribution < -0.4 is 0 Å². The van der Waals surface area contributed by atoms with E-state index in [0.717, 1.165) is 0 Å². The van der Waals surface area contributed by atoms with Crippen LogP contribution in [0.2, 0.25) is 0 Å². The molecule has 0 bridgehead atoms. The van der Waals surface area contributed by atoms with Crippen molar-refractivity contribution in [2.75, 3.05) is 6.61 Å². The lowest BCUT2D eigenvalue weighted by Crippen LogP contribution is -2.43. The van der Waals surface area contributed by atoms with E-state index in [-0.39, 0.29) is 17.6 Å². The second-order valence-electron chi connectivity index (χ2n) is 5.78. The van der Waals surface area contributed by atoms with E-state index in [4.69, 9.17) is 4.74 Å². The second-order valence-corrected chi connectivity index (χ2v) is 5.78. The quantitative estimate of drug-likeness (QED) is 0.779. The van der Waals surface area contributed by atoms with Gasteiger partial charge in [0.25, 0.3) is 0 Å². The van der Waals surface area contributed by atoms with Gasteiger partial charge in [-0.25, -0.2) is 0 Å². The lowest BCUT2D eigenvalue weighted by atomic mass is 9.81. The highest BCUT2D eigenvalue weighted by Crippen LogP contribution is 2.35. The van der Waals surface area contributed by atoms with E-state index in [9.17, 15) is 5.11 Å². The Balaban J connectivity index is 2.61. The Bertz CT molecular complexity index is 177. The number of aliphatic hydroxyl groups is 1. The van der Waals surface area contributed by atoms with Gasteiger partial charge in [-0.2, -0.15) is 0 Å². The van der Waals surface area contributed by atoms with Crippen molar-refractivity contribution < 1.29 is 9.84 Å². The molecule has 0 amide bonds. The molecule has 1 aliphatic carbocycles. The summed E-state index contributed by atoms with van der Waals surface area (Å²) in [5.74, 6) is 0.459. The van der Waals surface area contributed by atoms with Gasteiger partial charge in [-0.15, -0.1) is 0 Å². The monoisotopic (exact) mass is 214 g/mol. The van der Waals surface area contributed by atoms with Crippen molar-refractivity contribution in [1.29, 1.82) is 0 Å². The van der Waals surface area contributed by atoms with E-state index in [1.165, 1.54) is 25.7 Å². The molecule has 2 nitrogen and oxygen atoms in total. The van der Waals surface area contributed by atoms with Crippen molar-refractivity contribution in [3.05, 3.63) is 0 Å². The highest BCUT2D eigenvalue weighted by Gasteiger charge is 2.37. The van der Waals surface area contributed by atoms with E-state index in [2.05, 4.69) is 20.8 Å². The van der Waals surface area contributed by atoms with E-state index in [1.807, 2.05) is 6.92 Å². The molecule has 0 aliphatic heterocycles. The summed E-state index contributed by atoms with van der Waals surface area (Å²) in [6.07, 6.45) is 4.56. The Morgan fingerprint density at radius 3 is 2.20 bits per heavy atom. The van der Waals surface area contributed by atoms with Gasteiger partial charge in [-0.1, -0.05) is 33.6 Å². The van der Waals surface area contributed by atoms with Crippen molar-refractivity contribution in [2.24, 2.45) is 11.3 Å². The van der Waals surface area contributed by atoms with Crippen LogP contribution in [0.15, 0.2) is 0 Å². The lowest BCUT2D eigenvalue weighted by molar-refractivity contribution is -0.107. The fraction of sp³-hybridized carbons (Fsp3) is 1.00. The van der Waals surface area contributed by atoms with Crippen LogP contribution in [-0.4, -0.2) is 23.9 Å². The third-order valence-corrected chi connectivity index (χ3v) is 3.39. The topological polar surface area (TPSA) is 29.5 Å². The fourth-order valence-corrected chi connectivity index (χ4v) is 2.59. The van der Waals surface area contributed by atoms with E-state index < -0.39 is 0 Å². The molecule has 0 saturated heterocycles. The van der Waals surface area contributed by atoms with Crippen LogP contribution in [-0.2, 0) is 4.74 Å². The molecule has 0 radical (unpaired) electrons. The summed E-state index contributed by atoms with van der Waals surface area (Å²) in [6.45, 7) is 9.12. The molecule has 15 heavy (non-hydrogen) atoms. The lowest BCUT2D eigenvalue weighted by Gasteiger charge is -2.36. The number of hydrogen-bond acceptors (Lipinski definition) is 2. The molecule has 1 aliphatic rings. The number of ether oxygens (including phenoxy) is 1. The number of hydrogen-bond donors (Lipinski definition) is 1. The van der Waals surface area contributed by atoms with Gasteiger partial charge < -0.3 is 9.84 Å². The third kappa shape index (κ3) is 3.46. The minimum absolute atomic E-state index is 0.0226. The minimum atomic E-state index is -0.285. The molecule has 1 saturated carbocycles. The average molecular weight is 214 g/mol. The van der Waals surface area contributed by atoms with Gasteiger partial charge in [-0.05, 0) is 31.1 Å². The smallest absolute Gasteiger partial charge is 0.0884 e. The predicted molar refractivity (Wildman–Crippen MR) is 62.8 cm³/mol. The summed E-state index contributed by atoms with van der Waals surface area (Å²) < 4.78 is 5.73. The summed E-state index contributed by atoms with van der Waals surface area (Å²) in [7, 11) is 0. The van der Waals surface area contributed by atoms with Crippen molar-refractivity contribution in [1.82, 2.24) is 0 Å². The molecule has 0 heterocycles. The van der Waals surface area contributed by atoms with E-state index in [1.54, 1.807) is 0 Å². The average Bonchev–Trinajstić information content (AvgIpc) is 2.63. The first kappa shape index (κ1) is 13.0. The second kappa shape index (κ2) is 5.31. The first-order valence-electron chi connectivity index (χ1n) is 6.26. The summed E-state index contributed by atoms with van der Waals surface area (Å²) in [6, 6.07) is 0. The summed E-state index contributed by atoms with van der Waals surface area (Å²) >= 11 is 0. The zero-order valence-electron chi connectivity index (χ0n) is 10.6. The summed E-state index contributed by atoms with van der Waals surface area (Å²) in [5, 5.41) is 10.4. The van der Waals surface area contributed by atoms with Crippen molar-refractivity contribution in [2.45, 2.75) is 65.6 Å². The molecule has 0 aromatic heterocycles. The van der Waals surface area contributed by atoms with Gasteiger partial charge >= 0.3 is 0 Å². The molecule has 2 unspecified atom stereocenters. The molecule has 1 fully saturated rings. The fourth-order valence-electron chi connectivity index (χ4n) is 2.59. The molecule has 0 aromatic rings. The van der Waals surface area contributed by atoms with Crippen LogP contribution in [0.5, 0.6) is 0 Å². The molecule has 2 atom stereocenters. The Hall–Kier alpha value is -0.0800. The van der Waals surface area contributed by atoms with E-state index >= 15 is 0 Å². The van der Waals surface area contributed by atoms with Crippen molar-refractivity contribution in [3.8, 4) is 0 Å². The van der Waals surface area contributed by atoms with Crippen LogP contribution in [0.1, 0.15) is 53.4 Å². The molecule has 1 rings (SSSR count). The largest absolute Gasteiger partial charge is 0.390 e. The summed E-state index contributed by atoms with van der Waals surface area (Å²) in [5.41, 5.74) is 0.0258. The first-order valence-corrected chi connectivity index (χ1v) is 6.26. The Morgan fingerprint density at radius 2 is 1.80 bits per heavy atom. The highest BCUT2D eigenvalue weighted by atomic mass is 16.5. The molecule has 1 N–H and O–H groups in total. The zero-order valence-corrected chi connectivity index (χ0v) is 10.6. The van der Waals surface area contributed by atoms with Crippen molar-refractivity contribution in [3.63, 3.8) is 0 Å². The van der Waals surface area contributed by atoms with Crippen LogP contribution in [0.3, 0.4) is 0 Å². The molecular weight excluding hydrogens is 188 g/mol. The Morgan fingerprint density at radius 1 is 1.27 bits per heavy atom. The van der Waals surface area contributed by atoms with Gasteiger partial charge in [-0.3, -0.25) is 0 Å². The maximum absolute atomic E-state index is 10.4. The van der Waals surface area contributed by atoms with Crippen LogP contribution in [0, 0.1) is 11.3 Å². The van der Waals surface area contributed by atoms with Gasteiger partial charge in [0.05, 0.1) is 12.2 Å². The van der Waals surface area contributed by atoms with E-state index in [0.29, 0.717) is 12.5 Å².